The molecular formula is C13H20O4. The van der Waals surface area contributed by atoms with E-state index in [1.54, 1.807) is 19.9 Å². The highest BCUT2D eigenvalue weighted by atomic mass is 16.8. The van der Waals surface area contributed by atoms with Crippen LogP contribution in [0.5, 0.6) is 0 Å². The van der Waals surface area contributed by atoms with E-state index in [0.29, 0.717) is 5.92 Å². The summed E-state index contributed by atoms with van der Waals surface area (Å²) in [6, 6.07) is 0. The number of allylic oxidation sites excluding steroid dienone is 2. The van der Waals surface area contributed by atoms with E-state index in [1.807, 2.05) is 19.1 Å². The maximum absolute atomic E-state index is 11.0. The molecule has 0 unspecified atom stereocenters. The number of hydrogen-bond donors (Lipinski definition) is 1. The number of carboxylic acids is 1. The minimum absolute atomic E-state index is 0.314. The fourth-order valence-electron chi connectivity index (χ4n) is 1.76. The summed E-state index contributed by atoms with van der Waals surface area (Å²) in [5.41, 5.74) is 0. The second-order valence-electron chi connectivity index (χ2n) is 4.75. The van der Waals surface area contributed by atoms with Gasteiger partial charge >= 0.3 is 5.97 Å². The largest absolute Gasteiger partial charge is 0.479 e. The Hall–Kier alpha value is -1.13. The highest BCUT2D eigenvalue weighted by molar-refractivity contribution is 5.74. The van der Waals surface area contributed by atoms with Gasteiger partial charge in [-0.1, -0.05) is 25.2 Å². The summed E-state index contributed by atoms with van der Waals surface area (Å²) in [7, 11) is 0. The molecule has 4 nitrogen and oxygen atoms in total. The van der Waals surface area contributed by atoms with E-state index in [1.165, 1.54) is 0 Å². The number of rotatable bonds is 5. The first-order chi connectivity index (χ1) is 7.85. The Kier molecular flexibility index (Phi) is 4.48. The zero-order valence-corrected chi connectivity index (χ0v) is 10.6. The quantitative estimate of drug-likeness (QED) is 0.749. The molecule has 0 radical (unpaired) electrons. The molecule has 1 aliphatic heterocycles. The number of carbonyl (C=O) groups is 1. The zero-order valence-electron chi connectivity index (χ0n) is 10.6. The molecule has 0 aromatic carbocycles. The molecule has 3 atom stereocenters. The van der Waals surface area contributed by atoms with Gasteiger partial charge in [-0.15, -0.1) is 6.58 Å². The van der Waals surface area contributed by atoms with Crippen molar-refractivity contribution in [2.45, 2.75) is 45.2 Å². The van der Waals surface area contributed by atoms with E-state index in [4.69, 9.17) is 14.6 Å². The average Bonchev–Trinajstić information content (AvgIpc) is 2.51. The van der Waals surface area contributed by atoms with Crippen molar-refractivity contribution in [2.24, 2.45) is 5.92 Å². The Morgan fingerprint density at radius 2 is 2.18 bits per heavy atom. The highest BCUT2D eigenvalue weighted by Gasteiger charge is 2.44. The van der Waals surface area contributed by atoms with Crippen LogP contribution < -0.4 is 0 Å². The van der Waals surface area contributed by atoms with E-state index in [9.17, 15) is 4.79 Å². The lowest BCUT2D eigenvalue weighted by Gasteiger charge is -2.15. The number of hydrogen-bond acceptors (Lipinski definition) is 3. The van der Waals surface area contributed by atoms with Gasteiger partial charge in [0.15, 0.2) is 11.9 Å². The van der Waals surface area contributed by atoms with Crippen LogP contribution in [0.2, 0.25) is 0 Å². The van der Waals surface area contributed by atoms with Crippen LogP contribution in [0.15, 0.2) is 24.8 Å². The molecule has 0 spiro atoms. The maximum Gasteiger partial charge on any atom is 0.336 e. The van der Waals surface area contributed by atoms with Crippen molar-refractivity contribution < 1.29 is 19.4 Å². The lowest BCUT2D eigenvalue weighted by Crippen LogP contribution is -2.30. The van der Waals surface area contributed by atoms with Crippen LogP contribution in [0, 0.1) is 5.92 Å². The smallest absolute Gasteiger partial charge is 0.336 e. The van der Waals surface area contributed by atoms with Gasteiger partial charge < -0.3 is 14.6 Å². The molecule has 96 valence electrons. The van der Waals surface area contributed by atoms with E-state index >= 15 is 0 Å². The second-order valence-corrected chi connectivity index (χ2v) is 4.75. The van der Waals surface area contributed by atoms with Gasteiger partial charge in [0.25, 0.3) is 0 Å². The lowest BCUT2D eigenvalue weighted by molar-refractivity contribution is -0.165. The molecule has 0 aromatic rings. The lowest BCUT2D eigenvalue weighted by atomic mass is 10.1. The van der Waals surface area contributed by atoms with Crippen molar-refractivity contribution in [3.8, 4) is 0 Å². The molecule has 1 heterocycles. The van der Waals surface area contributed by atoms with Crippen molar-refractivity contribution in [1.82, 2.24) is 0 Å². The van der Waals surface area contributed by atoms with Gasteiger partial charge in [-0.25, -0.2) is 4.79 Å². The monoisotopic (exact) mass is 240 g/mol. The predicted octanol–water partition coefficient (Wildman–Crippen LogP) is 2.36. The van der Waals surface area contributed by atoms with Crippen LogP contribution >= 0.6 is 0 Å². The molecule has 1 N–H and O–H groups in total. The van der Waals surface area contributed by atoms with Gasteiger partial charge in [-0.05, 0) is 26.2 Å². The molecule has 0 aliphatic carbocycles. The minimum Gasteiger partial charge on any atom is -0.479 e. The van der Waals surface area contributed by atoms with Crippen molar-refractivity contribution >= 4 is 5.97 Å². The molecule has 17 heavy (non-hydrogen) atoms. The molecule has 4 heteroatoms. The molecule has 1 aliphatic rings. The van der Waals surface area contributed by atoms with Crippen LogP contribution in [0.25, 0.3) is 0 Å². The van der Waals surface area contributed by atoms with Crippen molar-refractivity contribution in [3.63, 3.8) is 0 Å². The van der Waals surface area contributed by atoms with Gasteiger partial charge in [-0.3, -0.25) is 0 Å². The third kappa shape index (κ3) is 3.98. The zero-order chi connectivity index (χ0) is 13.1. The van der Waals surface area contributed by atoms with Gasteiger partial charge in [0.2, 0.25) is 0 Å². The summed E-state index contributed by atoms with van der Waals surface area (Å²) < 4.78 is 10.9. The summed E-state index contributed by atoms with van der Waals surface area (Å²) >= 11 is 0. The fraction of sp³-hybridized carbons (Fsp3) is 0.615. The Morgan fingerprint density at radius 3 is 2.71 bits per heavy atom. The number of aliphatic carboxylic acids is 1. The Morgan fingerprint density at radius 1 is 1.53 bits per heavy atom. The van der Waals surface area contributed by atoms with Crippen molar-refractivity contribution in [2.75, 3.05) is 0 Å². The Balaban J connectivity index is 2.68. The standard InChI is InChI=1S/C13H20O4/c1-5-6-9(2)7-8-10-11(12(14)15)17-13(3,4)16-10/h5,7-11H,1,6H2,2-4H3,(H,14,15)/t9-,10-,11-/m1/s1. The fourth-order valence-corrected chi connectivity index (χ4v) is 1.76. The number of ether oxygens (including phenoxy) is 2. The summed E-state index contributed by atoms with van der Waals surface area (Å²) in [5.74, 6) is -1.53. The van der Waals surface area contributed by atoms with Gasteiger partial charge in [-0.2, -0.15) is 0 Å². The van der Waals surface area contributed by atoms with Crippen LogP contribution in [0.4, 0.5) is 0 Å². The SMILES string of the molecule is C=CC[C@@H](C)C=C[C@H]1OC(C)(C)O[C@H]1C(=O)O. The van der Waals surface area contributed by atoms with E-state index in [2.05, 4.69) is 6.58 Å². The average molecular weight is 240 g/mol. The van der Waals surface area contributed by atoms with Crippen LogP contribution in [-0.2, 0) is 14.3 Å². The molecular weight excluding hydrogens is 220 g/mol. The van der Waals surface area contributed by atoms with Crippen LogP contribution in [-0.4, -0.2) is 29.1 Å². The third-order valence-corrected chi connectivity index (χ3v) is 2.54. The second kappa shape index (κ2) is 5.47. The van der Waals surface area contributed by atoms with Gasteiger partial charge in [0.1, 0.15) is 6.10 Å². The Labute approximate surface area is 102 Å². The van der Waals surface area contributed by atoms with Crippen LogP contribution in [0.3, 0.4) is 0 Å². The van der Waals surface area contributed by atoms with E-state index < -0.39 is 24.0 Å². The summed E-state index contributed by atoms with van der Waals surface area (Å²) in [5, 5.41) is 9.03. The summed E-state index contributed by atoms with van der Waals surface area (Å²) in [6.07, 6.45) is 4.92. The molecule has 1 rings (SSSR count). The molecule has 0 saturated carbocycles. The molecule has 0 bridgehead atoms. The summed E-state index contributed by atoms with van der Waals surface area (Å²) in [6.45, 7) is 9.12. The number of carboxylic acid groups (broad SMARTS) is 1. The van der Waals surface area contributed by atoms with Crippen molar-refractivity contribution in [1.29, 1.82) is 0 Å². The van der Waals surface area contributed by atoms with E-state index in [0.717, 1.165) is 6.42 Å². The maximum atomic E-state index is 11.0. The molecule has 1 saturated heterocycles. The van der Waals surface area contributed by atoms with Crippen molar-refractivity contribution in [3.05, 3.63) is 24.8 Å². The summed E-state index contributed by atoms with van der Waals surface area (Å²) in [4.78, 5) is 11.0. The highest BCUT2D eigenvalue weighted by Crippen LogP contribution is 2.29. The first kappa shape index (κ1) is 13.9. The van der Waals surface area contributed by atoms with Gasteiger partial charge in [0.05, 0.1) is 0 Å². The molecule has 0 aromatic heterocycles. The molecule has 0 amide bonds. The normalized spacial score (nSPS) is 29.4. The molecule has 1 fully saturated rings. The Bertz CT molecular complexity index is 319. The van der Waals surface area contributed by atoms with Crippen LogP contribution in [0.1, 0.15) is 27.2 Å². The topological polar surface area (TPSA) is 55.8 Å². The van der Waals surface area contributed by atoms with E-state index in [-0.39, 0.29) is 0 Å². The first-order valence-electron chi connectivity index (χ1n) is 5.73. The predicted molar refractivity (Wildman–Crippen MR) is 64.6 cm³/mol. The third-order valence-electron chi connectivity index (χ3n) is 2.54. The minimum atomic E-state index is -0.999. The first-order valence-corrected chi connectivity index (χ1v) is 5.73. The van der Waals surface area contributed by atoms with Gasteiger partial charge in [0, 0.05) is 0 Å².